The highest BCUT2D eigenvalue weighted by Gasteiger charge is 2.17. The maximum absolute atomic E-state index is 5.46. The minimum absolute atomic E-state index is 0.263. The van der Waals surface area contributed by atoms with Gasteiger partial charge in [0.25, 0.3) is 0 Å². The predicted molar refractivity (Wildman–Crippen MR) is 79.5 cm³/mol. The third-order valence-corrected chi connectivity index (χ3v) is 3.96. The number of ether oxygens (including phenoxy) is 3. The van der Waals surface area contributed by atoms with E-state index in [2.05, 4.69) is 18.3 Å². The van der Waals surface area contributed by atoms with Crippen molar-refractivity contribution in [2.45, 2.75) is 25.8 Å². The second-order valence-electron chi connectivity index (χ2n) is 5.29. The molecule has 1 N–H and O–H groups in total. The highest BCUT2D eigenvalue weighted by molar-refractivity contribution is 5.42. The summed E-state index contributed by atoms with van der Waals surface area (Å²) in [5.74, 6) is 2.41. The van der Waals surface area contributed by atoms with Gasteiger partial charge in [-0.15, -0.1) is 0 Å². The summed E-state index contributed by atoms with van der Waals surface area (Å²) < 4.78 is 16.1. The van der Waals surface area contributed by atoms with Crippen molar-refractivity contribution in [3.63, 3.8) is 0 Å². The minimum Gasteiger partial charge on any atom is -0.497 e. The van der Waals surface area contributed by atoms with Crippen molar-refractivity contribution in [2.75, 3.05) is 34.0 Å². The summed E-state index contributed by atoms with van der Waals surface area (Å²) in [6, 6.07) is 6.24. The van der Waals surface area contributed by atoms with Crippen LogP contribution in [0.4, 0.5) is 0 Å². The van der Waals surface area contributed by atoms with Crippen molar-refractivity contribution in [3.05, 3.63) is 23.8 Å². The first kappa shape index (κ1) is 15.1. The van der Waals surface area contributed by atoms with E-state index < -0.39 is 0 Å². The van der Waals surface area contributed by atoms with Gasteiger partial charge in [-0.25, -0.2) is 0 Å². The van der Waals surface area contributed by atoms with E-state index in [4.69, 9.17) is 14.2 Å². The molecule has 4 nitrogen and oxygen atoms in total. The molecular weight excluding hydrogens is 254 g/mol. The smallest absolute Gasteiger partial charge is 0.127 e. The summed E-state index contributed by atoms with van der Waals surface area (Å²) in [7, 11) is 3.37. The van der Waals surface area contributed by atoms with Crippen LogP contribution in [0.5, 0.6) is 11.5 Å². The highest BCUT2D eigenvalue weighted by Crippen LogP contribution is 2.29. The maximum atomic E-state index is 5.46. The summed E-state index contributed by atoms with van der Waals surface area (Å²) in [4.78, 5) is 0. The molecule has 1 fully saturated rings. The molecule has 1 aromatic carbocycles. The first-order valence-electron chi connectivity index (χ1n) is 7.27. The van der Waals surface area contributed by atoms with Gasteiger partial charge in [-0.2, -0.15) is 0 Å². The predicted octanol–water partition coefficient (Wildman–Crippen LogP) is 2.78. The van der Waals surface area contributed by atoms with Crippen molar-refractivity contribution in [1.29, 1.82) is 0 Å². The topological polar surface area (TPSA) is 39.7 Å². The van der Waals surface area contributed by atoms with Gasteiger partial charge in [-0.1, -0.05) is 6.07 Å². The summed E-state index contributed by atoms with van der Waals surface area (Å²) >= 11 is 0. The van der Waals surface area contributed by atoms with Crippen LogP contribution in [0.2, 0.25) is 0 Å². The maximum Gasteiger partial charge on any atom is 0.127 e. The molecule has 0 bridgehead atoms. The van der Waals surface area contributed by atoms with Crippen molar-refractivity contribution < 1.29 is 14.2 Å². The van der Waals surface area contributed by atoms with E-state index in [0.29, 0.717) is 0 Å². The van der Waals surface area contributed by atoms with Crippen molar-refractivity contribution in [3.8, 4) is 11.5 Å². The normalized spacial score (nSPS) is 17.8. The Morgan fingerprint density at radius 2 is 2.00 bits per heavy atom. The Labute approximate surface area is 121 Å². The highest BCUT2D eigenvalue weighted by atomic mass is 16.5. The van der Waals surface area contributed by atoms with E-state index in [-0.39, 0.29) is 6.04 Å². The minimum atomic E-state index is 0.263. The fourth-order valence-corrected chi connectivity index (χ4v) is 2.58. The molecule has 0 aromatic heterocycles. The van der Waals surface area contributed by atoms with E-state index in [0.717, 1.165) is 50.0 Å². The average molecular weight is 279 g/mol. The van der Waals surface area contributed by atoms with Gasteiger partial charge >= 0.3 is 0 Å². The zero-order chi connectivity index (χ0) is 14.4. The molecule has 0 spiro atoms. The molecule has 1 aliphatic heterocycles. The van der Waals surface area contributed by atoms with E-state index in [9.17, 15) is 0 Å². The second kappa shape index (κ2) is 7.50. The van der Waals surface area contributed by atoms with E-state index in [1.165, 1.54) is 5.56 Å². The van der Waals surface area contributed by atoms with Crippen LogP contribution < -0.4 is 14.8 Å². The van der Waals surface area contributed by atoms with Gasteiger partial charge in [0.1, 0.15) is 11.5 Å². The SMILES string of the molecule is COc1ccc([C@H](C)NCC2CCOCC2)c(OC)c1. The average Bonchev–Trinajstić information content (AvgIpc) is 2.52. The molecule has 0 saturated carbocycles. The van der Waals surface area contributed by atoms with Crippen molar-refractivity contribution >= 4 is 0 Å². The second-order valence-corrected chi connectivity index (χ2v) is 5.29. The van der Waals surface area contributed by atoms with Gasteiger partial charge in [-0.05, 0) is 38.3 Å². The van der Waals surface area contributed by atoms with E-state index >= 15 is 0 Å². The van der Waals surface area contributed by atoms with E-state index in [1.54, 1.807) is 14.2 Å². The number of hydrogen-bond donors (Lipinski definition) is 1. The first-order chi connectivity index (χ1) is 9.74. The van der Waals surface area contributed by atoms with Gasteiger partial charge in [0.2, 0.25) is 0 Å². The number of benzene rings is 1. The van der Waals surface area contributed by atoms with Crippen LogP contribution in [0, 0.1) is 5.92 Å². The number of methoxy groups -OCH3 is 2. The molecule has 1 aromatic rings. The number of hydrogen-bond acceptors (Lipinski definition) is 4. The Morgan fingerprint density at radius 1 is 1.25 bits per heavy atom. The molecule has 20 heavy (non-hydrogen) atoms. The lowest BCUT2D eigenvalue weighted by Gasteiger charge is -2.25. The molecule has 1 aliphatic rings. The Bertz CT molecular complexity index is 416. The Morgan fingerprint density at radius 3 is 2.65 bits per heavy atom. The Kier molecular flexibility index (Phi) is 5.68. The lowest BCUT2D eigenvalue weighted by molar-refractivity contribution is 0.0656. The monoisotopic (exact) mass is 279 g/mol. The van der Waals surface area contributed by atoms with E-state index in [1.807, 2.05) is 12.1 Å². The molecule has 4 heteroatoms. The Balaban J connectivity index is 1.95. The van der Waals surface area contributed by atoms with Crippen LogP contribution in [0.25, 0.3) is 0 Å². The summed E-state index contributed by atoms with van der Waals surface area (Å²) in [6.07, 6.45) is 2.30. The molecule has 1 saturated heterocycles. The van der Waals surface area contributed by atoms with Gasteiger partial charge < -0.3 is 19.5 Å². The zero-order valence-corrected chi connectivity index (χ0v) is 12.6. The van der Waals surface area contributed by atoms with Crippen LogP contribution in [-0.4, -0.2) is 34.0 Å². The lowest BCUT2D eigenvalue weighted by Crippen LogP contribution is -2.29. The summed E-state index contributed by atoms with van der Waals surface area (Å²) in [5.41, 5.74) is 1.17. The van der Waals surface area contributed by atoms with Gasteiger partial charge in [0.15, 0.2) is 0 Å². The summed E-state index contributed by atoms with van der Waals surface area (Å²) in [6.45, 7) is 4.99. The van der Waals surface area contributed by atoms with Crippen LogP contribution in [0.3, 0.4) is 0 Å². The van der Waals surface area contributed by atoms with Crippen LogP contribution in [-0.2, 0) is 4.74 Å². The van der Waals surface area contributed by atoms with Gasteiger partial charge in [-0.3, -0.25) is 0 Å². The number of nitrogens with one attached hydrogen (secondary N) is 1. The quantitative estimate of drug-likeness (QED) is 0.869. The van der Waals surface area contributed by atoms with Gasteiger partial charge in [0, 0.05) is 30.9 Å². The van der Waals surface area contributed by atoms with Gasteiger partial charge in [0.05, 0.1) is 14.2 Å². The largest absolute Gasteiger partial charge is 0.497 e. The van der Waals surface area contributed by atoms with Crippen LogP contribution >= 0.6 is 0 Å². The first-order valence-corrected chi connectivity index (χ1v) is 7.27. The molecule has 0 unspecified atom stereocenters. The molecule has 0 aliphatic carbocycles. The number of rotatable bonds is 6. The van der Waals surface area contributed by atoms with Crippen molar-refractivity contribution in [1.82, 2.24) is 5.32 Å². The Hall–Kier alpha value is -1.26. The zero-order valence-electron chi connectivity index (χ0n) is 12.6. The molecule has 0 amide bonds. The fraction of sp³-hybridized carbons (Fsp3) is 0.625. The third-order valence-electron chi connectivity index (χ3n) is 3.96. The van der Waals surface area contributed by atoms with Crippen LogP contribution in [0.1, 0.15) is 31.4 Å². The van der Waals surface area contributed by atoms with Crippen molar-refractivity contribution in [2.24, 2.45) is 5.92 Å². The standard InChI is InChI=1S/C16H25NO3/c1-12(17-11-13-6-8-20-9-7-13)15-5-4-14(18-2)10-16(15)19-3/h4-5,10,12-13,17H,6-9,11H2,1-3H3/t12-/m0/s1. The summed E-state index contributed by atoms with van der Waals surface area (Å²) in [5, 5.41) is 3.60. The van der Waals surface area contributed by atoms with Crippen LogP contribution in [0.15, 0.2) is 18.2 Å². The molecule has 1 heterocycles. The molecule has 112 valence electrons. The molecule has 2 rings (SSSR count). The molecule has 0 radical (unpaired) electrons. The molecular formula is C16H25NO3. The lowest BCUT2D eigenvalue weighted by atomic mass is 9.99. The fourth-order valence-electron chi connectivity index (χ4n) is 2.58. The third kappa shape index (κ3) is 3.87. The molecule has 1 atom stereocenters.